The summed E-state index contributed by atoms with van der Waals surface area (Å²) in [6, 6.07) is 6.63. The number of hydrogen-bond donors (Lipinski definition) is 2. The summed E-state index contributed by atoms with van der Waals surface area (Å²) in [4.78, 5) is 0. The molecule has 0 aliphatic rings. The molecule has 0 fully saturated rings. The molecule has 3 nitrogen and oxygen atoms in total. The molecule has 0 unspecified atom stereocenters. The number of rotatable bonds is 4. The molecular weight excluding hydrogens is 266 g/mol. The second-order valence-electron chi connectivity index (χ2n) is 4.37. The summed E-state index contributed by atoms with van der Waals surface area (Å²) in [6.07, 6.45) is -0.0841. The molecule has 0 saturated heterocycles. The predicted molar refractivity (Wildman–Crippen MR) is 69.7 cm³/mol. The molecule has 20 heavy (non-hydrogen) atoms. The number of ether oxygens (including phenoxy) is 1. The lowest BCUT2D eigenvalue weighted by molar-refractivity contribution is 0.280. The molecular formula is C15H14F2O3. The minimum atomic E-state index is -0.677. The van der Waals surface area contributed by atoms with E-state index in [-0.39, 0.29) is 35.5 Å². The van der Waals surface area contributed by atoms with Crippen LogP contribution in [0, 0.1) is 11.6 Å². The molecule has 0 spiro atoms. The van der Waals surface area contributed by atoms with Crippen molar-refractivity contribution >= 4 is 0 Å². The third-order valence-corrected chi connectivity index (χ3v) is 3.04. The molecule has 0 heterocycles. The quantitative estimate of drug-likeness (QED) is 0.905. The smallest absolute Gasteiger partial charge is 0.130 e. The van der Waals surface area contributed by atoms with Gasteiger partial charge in [0.2, 0.25) is 0 Å². The lowest BCUT2D eigenvalue weighted by Gasteiger charge is -2.10. The monoisotopic (exact) mass is 280 g/mol. The Bertz CT molecular complexity index is 604. The molecule has 0 radical (unpaired) electrons. The topological polar surface area (TPSA) is 49.7 Å². The summed E-state index contributed by atoms with van der Waals surface area (Å²) in [5, 5.41) is 18.7. The maximum Gasteiger partial charge on any atom is 0.130 e. The Morgan fingerprint density at radius 1 is 1.10 bits per heavy atom. The highest BCUT2D eigenvalue weighted by Gasteiger charge is 2.13. The highest BCUT2D eigenvalue weighted by Crippen LogP contribution is 2.27. The van der Waals surface area contributed by atoms with Crippen molar-refractivity contribution in [3.05, 3.63) is 58.7 Å². The Morgan fingerprint density at radius 2 is 1.85 bits per heavy atom. The van der Waals surface area contributed by atoms with Crippen LogP contribution in [0.4, 0.5) is 8.78 Å². The Balaban J connectivity index is 2.35. The van der Waals surface area contributed by atoms with Crippen molar-refractivity contribution in [1.29, 1.82) is 0 Å². The molecule has 0 aliphatic carbocycles. The summed E-state index contributed by atoms with van der Waals surface area (Å²) in [7, 11) is 1.42. The van der Waals surface area contributed by atoms with E-state index in [1.165, 1.54) is 25.3 Å². The van der Waals surface area contributed by atoms with E-state index in [2.05, 4.69) is 0 Å². The molecule has 0 bridgehead atoms. The van der Waals surface area contributed by atoms with Gasteiger partial charge in [0, 0.05) is 18.1 Å². The van der Waals surface area contributed by atoms with Crippen molar-refractivity contribution in [3.63, 3.8) is 0 Å². The van der Waals surface area contributed by atoms with Crippen molar-refractivity contribution in [3.8, 4) is 11.5 Å². The number of halogens is 2. The van der Waals surface area contributed by atoms with Gasteiger partial charge in [0.15, 0.2) is 0 Å². The van der Waals surface area contributed by atoms with E-state index in [1.807, 2.05) is 0 Å². The van der Waals surface area contributed by atoms with Crippen LogP contribution in [0.1, 0.15) is 16.7 Å². The zero-order valence-corrected chi connectivity index (χ0v) is 10.9. The van der Waals surface area contributed by atoms with Gasteiger partial charge < -0.3 is 14.9 Å². The van der Waals surface area contributed by atoms with Crippen LogP contribution in [0.3, 0.4) is 0 Å². The van der Waals surface area contributed by atoms with E-state index in [4.69, 9.17) is 9.84 Å². The van der Waals surface area contributed by atoms with Crippen molar-refractivity contribution in [1.82, 2.24) is 0 Å². The van der Waals surface area contributed by atoms with E-state index in [1.54, 1.807) is 6.07 Å². The Hall–Kier alpha value is -2.14. The normalized spacial score (nSPS) is 10.6. The Labute approximate surface area is 115 Å². The van der Waals surface area contributed by atoms with Gasteiger partial charge in [-0.2, -0.15) is 0 Å². The van der Waals surface area contributed by atoms with Crippen molar-refractivity contribution in [2.45, 2.75) is 13.0 Å². The maximum absolute atomic E-state index is 13.8. The number of phenols is 1. The molecule has 0 aliphatic heterocycles. The minimum absolute atomic E-state index is 0.00809. The minimum Gasteiger partial charge on any atom is -0.508 e. The molecule has 2 rings (SSSR count). The third kappa shape index (κ3) is 2.88. The first-order chi connectivity index (χ1) is 9.55. The number of aliphatic hydroxyl groups is 1. The molecule has 0 saturated carbocycles. The van der Waals surface area contributed by atoms with Crippen LogP contribution in [0.15, 0.2) is 30.3 Å². The van der Waals surface area contributed by atoms with E-state index in [0.717, 1.165) is 6.07 Å². The van der Waals surface area contributed by atoms with Crippen LogP contribution in [0.5, 0.6) is 11.5 Å². The van der Waals surface area contributed by atoms with Crippen LogP contribution in [0.25, 0.3) is 0 Å². The molecule has 0 aromatic heterocycles. The average molecular weight is 280 g/mol. The van der Waals surface area contributed by atoms with Gasteiger partial charge in [-0.3, -0.25) is 0 Å². The Morgan fingerprint density at radius 3 is 2.40 bits per heavy atom. The van der Waals surface area contributed by atoms with Gasteiger partial charge in [-0.15, -0.1) is 0 Å². The molecule has 106 valence electrons. The molecule has 2 aromatic rings. The van der Waals surface area contributed by atoms with Gasteiger partial charge in [0.1, 0.15) is 23.1 Å². The van der Waals surface area contributed by atoms with Gasteiger partial charge in [-0.1, -0.05) is 6.07 Å². The zero-order chi connectivity index (χ0) is 14.7. The first-order valence-corrected chi connectivity index (χ1v) is 5.98. The van der Waals surface area contributed by atoms with Crippen molar-refractivity contribution < 1.29 is 23.7 Å². The number of phenolic OH excluding ortho intramolecular Hbond substituents is 1. The summed E-state index contributed by atoms with van der Waals surface area (Å²) in [5.74, 6) is -1.14. The number of methoxy groups -OCH3 is 1. The number of aromatic hydroxyl groups is 1. The van der Waals surface area contributed by atoms with Crippen molar-refractivity contribution in [2.24, 2.45) is 0 Å². The lowest BCUT2D eigenvalue weighted by atomic mass is 10.0. The average Bonchev–Trinajstić information content (AvgIpc) is 2.43. The second-order valence-corrected chi connectivity index (χ2v) is 4.37. The fourth-order valence-corrected chi connectivity index (χ4v) is 1.93. The summed E-state index contributed by atoms with van der Waals surface area (Å²) in [6.45, 7) is -0.373. The number of aliphatic hydroxyl groups excluding tert-OH is 1. The van der Waals surface area contributed by atoms with Crippen LogP contribution in [-0.4, -0.2) is 17.3 Å². The fraction of sp³-hybridized carbons (Fsp3) is 0.200. The highest BCUT2D eigenvalue weighted by atomic mass is 19.1. The van der Waals surface area contributed by atoms with Gasteiger partial charge in [0.05, 0.1) is 13.7 Å². The SMILES string of the molecule is COc1ccc(Cc2c(O)cc(CO)cc2F)c(F)c1. The Kier molecular flexibility index (Phi) is 4.20. The summed E-state index contributed by atoms with van der Waals surface area (Å²) in [5.41, 5.74) is 0.502. The van der Waals surface area contributed by atoms with Crippen LogP contribution in [0.2, 0.25) is 0 Å². The second kappa shape index (κ2) is 5.88. The number of hydrogen-bond acceptors (Lipinski definition) is 3. The lowest BCUT2D eigenvalue weighted by Crippen LogP contribution is -1.99. The zero-order valence-electron chi connectivity index (χ0n) is 10.9. The molecule has 0 atom stereocenters. The summed E-state index contributed by atoms with van der Waals surface area (Å²) < 4.78 is 32.5. The molecule has 5 heteroatoms. The van der Waals surface area contributed by atoms with Gasteiger partial charge in [0.25, 0.3) is 0 Å². The molecule has 2 aromatic carbocycles. The van der Waals surface area contributed by atoms with E-state index < -0.39 is 11.6 Å². The van der Waals surface area contributed by atoms with E-state index >= 15 is 0 Å². The third-order valence-electron chi connectivity index (χ3n) is 3.04. The van der Waals surface area contributed by atoms with Gasteiger partial charge >= 0.3 is 0 Å². The van der Waals surface area contributed by atoms with E-state index in [0.29, 0.717) is 5.75 Å². The standard InChI is InChI=1S/C15H14F2O3/c1-20-11-3-2-10(13(16)7-11)6-12-14(17)4-9(8-18)5-15(12)19/h2-5,7,18-19H,6,8H2,1H3. The van der Waals surface area contributed by atoms with Crippen LogP contribution in [-0.2, 0) is 13.0 Å². The van der Waals surface area contributed by atoms with Gasteiger partial charge in [-0.25, -0.2) is 8.78 Å². The predicted octanol–water partition coefficient (Wildman–Crippen LogP) is 2.76. The number of benzene rings is 2. The van der Waals surface area contributed by atoms with E-state index in [9.17, 15) is 13.9 Å². The fourth-order valence-electron chi connectivity index (χ4n) is 1.93. The molecule has 2 N–H and O–H groups in total. The van der Waals surface area contributed by atoms with Crippen LogP contribution < -0.4 is 4.74 Å². The highest BCUT2D eigenvalue weighted by molar-refractivity contribution is 5.42. The largest absolute Gasteiger partial charge is 0.508 e. The van der Waals surface area contributed by atoms with Crippen LogP contribution >= 0.6 is 0 Å². The first-order valence-electron chi connectivity index (χ1n) is 5.98. The molecule has 0 amide bonds. The summed E-state index contributed by atoms with van der Waals surface area (Å²) >= 11 is 0. The van der Waals surface area contributed by atoms with Crippen molar-refractivity contribution in [2.75, 3.05) is 7.11 Å². The first kappa shape index (κ1) is 14.3. The van der Waals surface area contributed by atoms with Gasteiger partial charge in [-0.05, 0) is 29.3 Å². The maximum atomic E-state index is 13.8.